The van der Waals surface area contributed by atoms with Crippen LogP contribution in [0.15, 0.2) is 18.3 Å². The first-order valence-corrected chi connectivity index (χ1v) is 6.83. The fourth-order valence-corrected chi connectivity index (χ4v) is 1.84. The van der Waals surface area contributed by atoms with Crippen molar-refractivity contribution >= 4 is 11.8 Å². The highest BCUT2D eigenvalue weighted by atomic mass is 16.4. The Kier molecular flexibility index (Phi) is 6.89. The van der Waals surface area contributed by atoms with Crippen molar-refractivity contribution in [1.29, 1.82) is 0 Å². The zero-order valence-corrected chi connectivity index (χ0v) is 11.7. The van der Waals surface area contributed by atoms with Gasteiger partial charge in [0.25, 0.3) is 0 Å². The minimum absolute atomic E-state index is 0.215. The van der Waals surface area contributed by atoms with Gasteiger partial charge in [-0.05, 0) is 44.6 Å². The SMILES string of the molecule is CCN(CC)CCCCNc1ccc(C(=O)O)cn1. The monoisotopic (exact) mass is 265 g/mol. The number of aromatic carboxylic acids is 1. The molecule has 0 amide bonds. The van der Waals surface area contributed by atoms with Crippen LogP contribution >= 0.6 is 0 Å². The van der Waals surface area contributed by atoms with Crippen LogP contribution in [0.25, 0.3) is 0 Å². The third-order valence-corrected chi connectivity index (χ3v) is 3.11. The van der Waals surface area contributed by atoms with Crippen LogP contribution in [0, 0.1) is 0 Å². The van der Waals surface area contributed by atoms with E-state index in [4.69, 9.17) is 5.11 Å². The Labute approximate surface area is 114 Å². The fraction of sp³-hybridized carbons (Fsp3) is 0.571. The minimum Gasteiger partial charge on any atom is -0.478 e. The number of aromatic nitrogens is 1. The van der Waals surface area contributed by atoms with E-state index >= 15 is 0 Å². The van der Waals surface area contributed by atoms with Crippen molar-refractivity contribution < 1.29 is 9.90 Å². The number of anilines is 1. The summed E-state index contributed by atoms with van der Waals surface area (Å²) in [6.45, 7) is 8.54. The number of rotatable bonds is 9. The van der Waals surface area contributed by atoms with Crippen LogP contribution < -0.4 is 5.32 Å². The highest BCUT2D eigenvalue weighted by Gasteiger charge is 2.02. The summed E-state index contributed by atoms with van der Waals surface area (Å²) in [4.78, 5) is 17.1. The lowest BCUT2D eigenvalue weighted by Crippen LogP contribution is -2.24. The lowest BCUT2D eigenvalue weighted by molar-refractivity contribution is 0.0696. The largest absolute Gasteiger partial charge is 0.478 e. The van der Waals surface area contributed by atoms with Gasteiger partial charge in [-0.2, -0.15) is 0 Å². The molecule has 19 heavy (non-hydrogen) atoms. The van der Waals surface area contributed by atoms with E-state index in [-0.39, 0.29) is 5.56 Å². The Hall–Kier alpha value is -1.62. The first-order valence-electron chi connectivity index (χ1n) is 6.83. The molecule has 1 aromatic heterocycles. The molecule has 2 N–H and O–H groups in total. The van der Waals surface area contributed by atoms with Crippen molar-refractivity contribution in [1.82, 2.24) is 9.88 Å². The third-order valence-electron chi connectivity index (χ3n) is 3.11. The summed E-state index contributed by atoms with van der Waals surface area (Å²) in [6.07, 6.45) is 3.61. The Morgan fingerprint density at radius 1 is 1.32 bits per heavy atom. The number of nitrogens with one attached hydrogen (secondary N) is 1. The molecule has 0 bridgehead atoms. The number of carboxylic acids is 1. The lowest BCUT2D eigenvalue weighted by atomic mass is 10.2. The van der Waals surface area contributed by atoms with E-state index < -0.39 is 5.97 Å². The first kappa shape index (κ1) is 15.4. The third kappa shape index (κ3) is 5.70. The van der Waals surface area contributed by atoms with Crippen molar-refractivity contribution in [3.8, 4) is 0 Å². The summed E-state index contributed by atoms with van der Waals surface area (Å²) in [5.41, 5.74) is 0.215. The number of hydrogen-bond acceptors (Lipinski definition) is 4. The van der Waals surface area contributed by atoms with Gasteiger partial charge >= 0.3 is 5.97 Å². The maximum absolute atomic E-state index is 10.7. The predicted molar refractivity (Wildman–Crippen MR) is 76.7 cm³/mol. The molecule has 1 heterocycles. The summed E-state index contributed by atoms with van der Waals surface area (Å²) >= 11 is 0. The Morgan fingerprint density at radius 3 is 2.58 bits per heavy atom. The molecule has 0 atom stereocenters. The van der Waals surface area contributed by atoms with Gasteiger partial charge in [0.05, 0.1) is 5.56 Å². The van der Waals surface area contributed by atoms with Crippen molar-refractivity contribution in [3.63, 3.8) is 0 Å². The number of carbonyl (C=O) groups is 1. The molecule has 0 aliphatic heterocycles. The minimum atomic E-state index is -0.946. The van der Waals surface area contributed by atoms with Crippen molar-refractivity contribution in [3.05, 3.63) is 23.9 Å². The summed E-state index contributed by atoms with van der Waals surface area (Å²) in [6, 6.07) is 3.27. The molecule has 0 radical (unpaired) electrons. The van der Waals surface area contributed by atoms with Crippen LogP contribution in [0.3, 0.4) is 0 Å². The molecule has 0 aliphatic rings. The van der Waals surface area contributed by atoms with E-state index in [1.165, 1.54) is 6.20 Å². The zero-order chi connectivity index (χ0) is 14.1. The van der Waals surface area contributed by atoms with Gasteiger partial charge in [-0.3, -0.25) is 0 Å². The van der Waals surface area contributed by atoms with Crippen LogP contribution in [-0.4, -0.2) is 47.1 Å². The van der Waals surface area contributed by atoms with E-state index in [2.05, 4.69) is 29.0 Å². The summed E-state index contributed by atoms with van der Waals surface area (Å²) in [7, 11) is 0. The molecule has 0 saturated carbocycles. The highest BCUT2D eigenvalue weighted by molar-refractivity contribution is 5.87. The molecule has 0 aliphatic carbocycles. The second kappa shape index (κ2) is 8.48. The van der Waals surface area contributed by atoms with Crippen molar-refractivity contribution in [2.75, 3.05) is 31.5 Å². The van der Waals surface area contributed by atoms with Crippen LogP contribution in [0.1, 0.15) is 37.0 Å². The zero-order valence-electron chi connectivity index (χ0n) is 11.7. The summed E-state index contributed by atoms with van der Waals surface area (Å²) in [5, 5.41) is 12.0. The predicted octanol–water partition coefficient (Wildman–Crippen LogP) is 2.31. The number of nitrogens with zero attached hydrogens (tertiary/aromatic N) is 2. The van der Waals surface area contributed by atoms with Crippen LogP contribution in [0.4, 0.5) is 5.82 Å². The van der Waals surface area contributed by atoms with Gasteiger partial charge in [0.1, 0.15) is 5.82 Å². The van der Waals surface area contributed by atoms with E-state index in [1.54, 1.807) is 12.1 Å². The molecular weight excluding hydrogens is 242 g/mol. The van der Waals surface area contributed by atoms with Crippen LogP contribution in [0.5, 0.6) is 0 Å². The smallest absolute Gasteiger partial charge is 0.337 e. The van der Waals surface area contributed by atoms with Crippen LogP contribution in [-0.2, 0) is 0 Å². The Bertz CT molecular complexity index is 375. The molecule has 0 fully saturated rings. The fourth-order valence-electron chi connectivity index (χ4n) is 1.84. The van der Waals surface area contributed by atoms with Gasteiger partial charge in [-0.15, -0.1) is 0 Å². The Morgan fingerprint density at radius 2 is 2.05 bits per heavy atom. The lowest BCUT2D eigenvalue weighted by Gasteiger charge is -2.17. The second-order valence-electron chi connectivity index (χ2n) is 4.40. The molecule has 1 aromatic rings. The maximum atomic E-state index is 10.7. The van der Waals surface area contributed by atoms with Crippen molar-refractivity contribution in [2.24, 2.45) is 0 Å². The first-order chi connectivity index (χ1) is 9.17. The number of unbranched alkanes of at least 4 members (excludes halogenated alkanes) is 1. The normalized spacial score (nSPS) is 10.7. The topological polar surface area (TPSA) is 65.5 Å². The van der Waals surface area contributed by atoms with Crippen LogP contribution in [0.2, 0.25) is 0 Å². The van der Waals surface area contributed by atoms with Gasteiger partial charge < -0.3 is 15.3 Å². The average Bonchev–Trinajstić information content (AvgIpc) is 2.43. The number of hydrogen-bond donors (Lipinski definition) is 2. The van der Waals surface area contributed by atoms with Gasteiger partial charge in [-0.25, -0.2) is 9.78 Å². The van der Waals surface area contributed by atoms with Gasteiger partial charge in [-0.1, -0.05) is 13.8 Å². The molecule has 5 nitrogen and oxygen atoms in total. The molecule has 0 aromatic carbocycles. The van der Waals surface area contributed by atoms with E-state index in [0.29, 0.717) is 0 Å². The number of carboxylic acid groups (broad SMARTS) is 1. The van der Waals surface area contributed by atoms with Gasteiger partial charge in [0.2, 0.25) is 0 Å². The van der Waals surface area contributed by atoms with Gasteiger partial charge in [0, 0.05) is 12.7 Å². The quantitative estimate of drug-likeness (QED) is 0.671. The van der Waals surface area contributed by atoms with E-state index in [1.807, 2.05) is 0 Å². The Balaban J connectivity index is 2.20. The standard InChI is InChI=1S/C14H23N3O2/c1-3-17(4-2)10-6-5-9-15-13-8-7-12(11-16-13)14(18)19/h7-8,11H,3-6,9-10H2,1-2H3,(H,15,16)(H,18,19). The maximum Gasteiger partial charge on any atom is 0.337 e. The van der Waals surface area contributed by atoms with E-state index in [9.17, 15) is 4.79 Å². The average molecular weight is 265 g/mol. The molecule has 106 valence electrons. The molecule has 0 spiro atoms. The second-order valence-corrected chi connectivity index (χ2v) is 4.40. The molecular formula is C14H23N3O2. The van der Waals surface area contributed by atoms with Crippen molar-refractivity contribution in [2.45, 2.75) is 26.7 Å². The highest BCUT2D eigenvalue weighted by Crippen LogP contribution is 2.05. The molecule has 0 saturated heterocycles. The van der Waals surface area contributed by atoms with E-state index in [0.717, 1.165) is 44.8 Å². The summed E-state index contributed by atoms with van der Waals surface area (Å²) in [5.74, 6) is -0.217. The summed E-state index contributed by atoms with van der Waals surface area (Å²) < 4.78 is 0. The molecule has 0 unspecified atom stereocenters. The van der Waals surface area contributed by atoms with Gasteiger partial charge in [0.15, 0.2) is 0 Å². The molecule has 1 rings (SSSR count). The molecule has 5 heteroatoms. The number of pyridine rings is 1.